The number of nitrogens with zero attached hydrogens (tertiary/aromatic N) is 1. The van der Waals surface area contributed by atoms with Crippen LogP contribution in [0.25, 0.3) is 0 Å². The Hall–Kier alpha value is -0.610. The Morgan fingerprint density at radius 2 is 2.11 bits per heavy atom. The number of nitrogens with one attached hydrogen (secondary N) is 1. The van der Waals surface area contributed by atoms with Gasteiger partial charge < -0.3 is 9.64 Å². The highest BCUT2D eigenvalue weighted by molar-refractivity contribution is 5.80. The van der Waals surface area contributed by atoms with Gasteiger partial charge in [0.15, 0.2) is 0 Å². The average Bonchev–Trinajstić information content (AvgIpc) is 2.21. The minimum Gasteiger partial charge on any atom is -0.468 e. The van der Waals surface area contributed by atoms with E-state index >= 15 is 0 Å². The summed E-state index contributed by atoms with van der Waals surface area (Å²) in [7, 11) is 3.54. The van der Waals surface area contributed by atoms with Gasteiger partial charge in [0.1, 0.15) is 5.54 Å². The van der Waals surface area contributed by atoms with E-state index in [0.29, 0.717) is 6.54 Å². The highest BCUT2D eigenvalue weighted by atomic mass is 16.5. The Morgan fingerprint density at radius 1 is 1.50 bits per heavy atom. The van der Waals surface area contributed by atoms with Crippen molar-refractivity contribution in [3.63, 3.8) is 0 Å². The summed E-state index contributed by atoms with van der Waals surface area (Å²) in [6.45, 7) is 7.79. The van der Waals surface area contributed by atoms with Crippen LogP contribution in [0.4, 0.5) is 0 Å². The molecular weight excluding hydrogens is 228 g/mol. The lowest BCUT2D eigenvalue weighted by atomic mass is 9.85. The third kappa shape index (κ3) is 4.25. The van der Waals surface area contributed by atoms with Crippen LogP contribution in [-0.2, 0) is 9.53 Å². The van der Waals surface area contributed by atoms with Gasteiger partial charge in [0.25, 0.3) is 0 Å². The Morgan fingerprint density at radius 3 is 2.50 bits per heavy atom. The SMILES string of the molecule is COC(=O)C(C)(CN(C)CC1CCC1)NC(C)C. The summed E-state index contributed by atoms with van der Waals surface area (Å²) in [4.78, 5) is 14.2. The molecule has 1 N–H and O–H groups in total. The summed E-state index contributed by atoms with van der Waals surface area (Å²) in [5.41, 5.74) is -0.624. The molecule has 4 nitrogen and oxygen atoms in total. The molecule has 1 aliphatic rings. The number of likely N-dealkylation sites (N-methyl/N-ethyl adjacent to an activating group) is 1. The van der Waals surface area contributed by atoms with Gasteiger partial charge in [-0.2, -0.15) is 0 Å². The van der Waals surface area contributed by atoms with E-state index in [1.807, 2.05) is 20.8 Å². The standard InChI is InChI=1S/C14H28N2O2/c1-11(2)15-14(3,13(17)18-5)10-16(4)9-12-7-6-8-12/h11-12,15H,6-10H2,1-5H3. The van der Waals surface area contributed by atoms with E-state index in [2.05, 4.69) is 17.3 Å². The molecule has 106 valence electrons. The van der Waals surface area contributed by atoms with Crippen LogP contribution in [0.3, 0.4) is 0 Å². The second-order valence-corrected chi connectivity index (χ2v) is 6.12. The lowest BCUT2D eigenvalue weighted by molar-refractivity contribution is -0.149. The fraction of sp³-hybridized carbons (Fsp3) is 0.929. The van der Waals surface area contributed by atoms with Crippen LogP contribution in [0.15, 0.2) is 0 Å². The Balaban J connectivity index is 2.55. The van der Waals surface area contributed by atoms with Crippen LogP contribution >= 0.6 is 0 Å². The second kappa shape index (κ2) is 6.53. The van der Waals surface area contributed by atoms with Crippen LogP contribution in [-0.4, -0.2) is 49.7 Å². The summed E-state index contributed by atoms with van der Waals surface area (Å²) in [6, 6.07) is 0.256. The normalized spacial score (nSPS) is 19.7. The smallest absolute Gasteiger partial charge is 0.327 e. The number of carbonyl (C=O) groups is 1. The van der Waals surface area contributed by atoms with Gasteiger partial charge in [-0.3, -0.25) is 10.1 Å². The number of carbonyl (C=O) groups excluding carboxylic acids is 1. The van der Waals surface area contributed by atoms with Crippen molar-refractivity contribution in [1.82, 2.24) is 10.2 Å². The van der Waals surface area contributed by atoms with Crippen LogP contribution in [0, 0.1) is 5.92 Å². The lowest BCUT2D eigenvalue weighted by Gasteiger charge is -2.36. The Kier molecular flexibility index (Phi) is 5.60. The van der Waals surface area contributed by atoms with Crippen molar-refractivity contribution in [2.24, 2.45) is 5.92 Å². The first-order chi connectivity index (χ1) is 8.37. The van der Waals surface area contributed by atoms with E-state index in [0.717, 1.165) is 12.5 Å². The van der Waals surface area contributed by atoms with Crippen molar-refractivity contribution in [2.75, 3.05) is 27.2 Å². The molecule has 1 aliphatic carbocycles. The maximum Gasteiger partial charge on any atom is 0.327 e. The van der Waals surface area contributed by atoms with Gasteiger partial charge in [-0.15, -0.1) is 0 Å². The van der Waals surface area contributed by atoms with Gasteiger partial charge in [0.2, 0.25) is 0 Å². The summed E-state index contributed by atoms with van der Waals surface area (Å²) in [5, 5.41) is 3.33. The second-order valence-electron chi connectivity index (χ2n) is 6.12. The maximum atomic E-state index is 12.0. The van der Waals surface area contributed by atoms with Crippen LogP contribution in [0.1, 0.15) is 40.0 Å². The van der Waals surface area contributed by atoms with Crippen LogP contribution in [0.2, 0.25) is 0 Å². The first-order valence-corrected chi connectivity index (χ1v) is 6.92. The molecule has 1 atom stereocenters. The Labute approximate surface area is 111 Å². The predicted octanol–water partition coefficient (Wildman–Crippen LogP) is 1.65. The van der Waals surface area contributed by atoms with Crippen molar-refractivity contribution in [2.45, 2.75) is 51.6 Å². The highest BCUT2D eigenvalue weighted by Crippen LogP contribution is 2.27. The van der Waals surface area contributed by atoms with E-state index in [4.69, 9.17) is 4.74 Å². The van der Waals surface area contributed by atoms with Gasteiger partial charge in [-0.25, -0.2) is 0 Å². The molecular formula is C14H28N2O2. The minimum absolute atomic E-state index is 0.184. The maximum absolute atomic E-state index is 12.0. The average molecular weight is 256 g/mol. The van der Waals surface area contributed by atoms with E-state index < -0.39 is 5.54 Å². The van der Waals surface area contributed by atoms with E-state index in [-0.39, 0.29) is 12.0 Å². The molecule has 1 fully saturated rings. The van der Waals surface area contributed by atoms with Gasteiger partial charge >= 0.3 is 5.97 Å². The molecule has 4 heteroatoms. The molecule has 0 bridgehead atoms. The van der Waals surface area contributed by atoms with Gasteiger partial charge in [0.05, 0.1) is 7.11 Å². The number of hydrogen-bond acceptors (Lipinski definition) is 4. The monoisotopic (exact) mass is 256 g/mol. The molecule has 18 heavy (non-hydrogen) atoms. The van der Waals surface area contributed by atoms with Crippen LogP contribution < -0.4 is 5.32 Å². The Bertz CT molecular complexity index is 277. The molecule has 0 aliphatic heterocycles. The fourth-order valence-corrected chi connectivity index (χ4v) is 2.75. The van der Waals surface area contributed by atoms with Gasteiger partial charge in [0, 0.05) is 19.1 Å². The van der Waals surface area contributed by atoms with Crippen LogP contribution in [0.5, 0.6) is 0 Å². The molecule has 0 radical (unpaired) electrons. The summed E-state index contributed by atoms with van der Waals surface area (Å²) < 4.78 is 4.93. The van der Waals surface area contributed by atoms with Crippen molar-refractivity contribution >= 4 is 5.97 Å². The first-order valence-electron chi connectivity index (χ1n) is 6.92. The number of rotatable bonds is 7. The molecule has 1 rings (SSSR count). The zero-order valence-electron chi connectivity index (χ0n) is 12.5. The summed E-state index contributed by atoms with van der Waals surface area (Å²) >= 11 is 0. The van der Waals surface area contributed by atoms with Gasteiger partial charge in [-0.1, -0.05) is 6.42 Å². The third-order valence-corrected chi connectivity index (χ3v) is 3.62. The number of hydrogen-bond donors (Lipinski definition) is 1. The largest absolute Gasteiger partial charge is 0.468 e. The van der Waals surface area contributed by atoms with Crippen molar-refractivity contribution in [1.29, 1.82) is 0 Å². The molecule has 0 saturated heterocycles. The topological polar surface area (TPSA) is 41.6 Å². The lowest BCUT2D eigenvalue weighted by Crippen LogP contribution is -2.59. The van der Waals surface area contributed by atoms with E-state index in [1.54, 1.807) is 0 Å². The highest BCUT2D eigenvalue weighted by Gasteiger charge is 2.36. The van der Waals surface area contributed by atoms with Crippen molar-refractivity contribution in [3.05, 3.63) is 0 Å². The van der Waals surface area contributed by atoms with Crippen molar-refractivity contribution in [3.8, 4) is 0 Å². The molecule has 0 aromatic rings. The molecule has 0 aromatic heterocycles. The summed E-state index contributed by atoms with van der Waals surface area (Å²) in [6.07, 6.45) is 4.02. The minimum atomic E-state index is -0.624. The number of ether oxygens (including phenoxy) is 1. The molecule has 0 amide bonds. The molecule has 1 saturated carbocycles. The zero-order valence-corrected chi connectivity index (χ0v) is 12.5. The predicted molar refractivity (Wildman–Crippen MR) is 73.5 cm³/mol. The fourth-order valence-electron chi connectivity index (χ4n) is 2.75. The summed E-state index contributed by atoms with van der Waals surface area (Å²) in [5.74, 6) is 0.632. The van der Waals surface area contributed by atoms with Crippen molar-refractivity contribution < 1.29 is 9.53 Å². The van der Waals surface area contributed by atoms with E-state index in [9.17, 15) is 4.79 Å². The molecule has 1 unspecified atom stereocenters. The molecule has 0 spiro atoms. The zero-order chi connectivity index (χ0) is 13.8. The molecule has 0 aromatic carbocycles. The molecule has 0 heterocycles. The number of methoxy groups -OCH3 is 1. The third-order valence-electron chi connectivity index (χ3n) is 3.62. The number of esters is 1. The quantitative estimate of drug-likeness (QED) is 0.703. The first kappa shape index (κ1) is 15.4. The van der Waals surface area contributed by atoms with Gasteiger partial charge in [-0.05, 0) is 46.6 Å². The van der Waals surface area contributed by atoms with E-state index in [1.165, 1.54) is 26.4 Å².